The second kappa shape index (κ2) is 7.32. The highest BCUT2D eigenvalue weighted by molar-refractivity contribution is 5.76. The predicted molar refractivity (Wildman–Crippen MR) is 83.2 cm³/mol. The molecule has 20 heavy (non-hydrogen) atoms. The minimum absolute atomic E-state index is 0.0499. The number of hydrogen-bond donors (Lipinski definition) is 2. The van der Waals surface area contributed by atoms with Crippen molar-refractivity contribution >= 4 is 11.6 Å². The van der Waals surface area contributed by atoms with E-state index in [4.69, 9.17) is 5.73 Å². The van der Waals surface area contributed by atoms with Crippen molar-refractivity contribution in [2.24, 2.45) is 5.92 Å². The molecule has 3 N–H and O–H groups in total. The van der Waals surface area contributed by atoms with E-state index in [0.29, 0.717) is 12.3 Å². The Morgan fingerprint density at radius 3 is 2.40 bits per heavy atom. The molecule has 1 saturated carbocycles. The summed E-state index contributed by atoms with van der Waals surface area (Å²) in [6, 6.07) is 7.76. The van der Waals surface area contributed by atoms with Crippen LogP contribution in [0.2, 0.25) is 0 Å². The van der Waals surface area contributed by atoms with Crippen LogP contribution in [0.4, 0.5) is 5.69 Å². The summed E-state index contributed by atoms with van der Waals surface area (Å²) in [4.78, 5) is 12.1. The topological polar surface area (TPSA) is 55.1 Å². The van der Waals surface area contributed by atoms with E-state index in [9.17, 15) is 4.79 Å². The SMILES string of the molecule is CC(NC(=O)CC1CCCCCC1)c1ccc(N)cc1. The van der Waals surface area contributed by atoms with Crippen LogP contribution in [0, 0.1) is 5.92 Å². The second-order valence-electron chi connectivity index (χ2n) is 6.02. The maximum Gasteiger partial charge on any atom is 0.220 e. The van der Waals surface area contributed by atoms with Gasteiger partial charge in [0.2, 0.25) is 5.91 Å². The van der Waals surface area contributed by atoms with Crippen molar-refractivity contribution in [3.05, 3.63) is 29.8 Å². The molecule has 0 aliphatic heterocycles. The summed E-state index contributed by atoms with van der Waals surface area (Å²) in [5.41, 5.74) is 7.54. The molecule has 1 aliphatic carbocycles. The first-order valence-corrected chi connectivity index (χ1v) is 7.80. The molecule has 2 rings (SSSR count). The minimum atomic E-state index is 0.0499. The summed E-state index contributed by atoms with van der Waals surface area (Å²) in [6.07, 6.45) is 8.34. The molecule has 1 unspecified atom stereocenters. The number of amides is 1. The summed E-state index contributed by atoms with van der Waals surface area (Å²) >= 11 is 0. The Labute approximate surface area is 121 Å². The lowest BCUT2D eigenvalue weighted by atomic mass is 9.96. The number of anilines is 1. The van der Waals surface area contributed by atoms with Gasteiger partial charge in [-0.2, -0.15) is 0 Å². The molecule has 0 radical (unpaired) electrons. The highest BCUT2D eigenvalue weighted by atomic mass is 16.1. The lowest BCUT2D eigenvalue weighted by Crippen LogP contribution is -2.28. The predicted octanol–water partition coefficient (Wildman–Crippen LogP) is 3.81. The minimum Gasteiger partial charge on any atom is -0.399 e. The van der Waals surface area contributed by atoms with E-state index in [0.717, 1.165) is 11.3 Å². The Kier molecular flexibility index (Phi) is 5.45. The quantitative estimate of drug-likeness (QED) is 0.648. The van der Waals surface area contributed by atoms with Crippen LogP contribution >= 0.6 is 0 Å². The Morgan fingerprint density at radius 2 is 1.80 bits per heavy atom. The van der Waals surface area contributed by atoms with Gasteiger partial charge in [0.05, 0.1) is 6.04 Å². The van der Waals surface area contributed by atoms with Gasteiger partial charge < -0.3 is 11.1 Å². The van der Waals surface area contributed by atoms with Crippen LogP contribution in [0.1, 0.15) is 63.5 Å². The standard InChI is InChI=1S/C17H26N2O/c1-13(15-8-10-16(18)11-9-15)19-17(20)12-14-6-4-2-3-5-7-14/h8-11,13-14H,2-7,12,18H2,1H3,(H,19,20). The maximum atomic E-state index is 12.1. The van der Waals surface area contributed by atoms with Gasteiger partial charge in [-0.1, -0.05) is 37.8 Å². The summed E-state index contributed by atoms with van der Waals surface area (Å²) in [6.45, 7) is 2.02. The van der Waals surface area contributed by atoms with Gasteiger partial charge in [0.15, 0.2) is 0 Å². The zero-order valence-electron chi connectivity index (χ0n) is 12.4. The van der Waals surface area contributed by atoms with Crippen LogP contribution in [0.5, 0.6) is 0 Å². The van der Waals surface area contributed by atoms with Gasteiger partial charge in [-0.15, -0.1) is 0 Å². The average Bonchev–Trinajstić information content (AvgIpc) is 2.68. The number of nitrogens with two attached hydrogens (primary N) is 1. The fraction of sp³-hybridized carbons (Fsp3) is 0.588. The number of nitrogen functional groups attached to an aromatic ring is 1. The lowest BCUT2D eigenvalue weighted by molar-refractivity contribution is -0.122. The van der Waals surface area contributed by atoms with Crippen LogP contribution in [-0.4, -0.2) is 5.91 Å². The van der Waals surface area contributed by atoms with Gasteiger partial charge in [0.25, 0.3) is 0 Å². The molecule has 0 saturated heterocycles. The van der Waals surface area contributed by atoms with Crippen molar-refractivity contribution in [1.29, 1.82) is 0 Å². The molecule has 3 nitrogen and oxygen atoms in total. The fourth-order valence-corrected chi connectivity index (χ4v) is 3.00. The van der Waals surface area contributed by atoms with E-state index in [1.807, 2.05) is 31.2 Å². The maximum absolute atomic E-state index is 12.1. The zero-order chi connectivity index (χ0) is 14.4. The molecule has 3 heteroatoms. The highest BCUT2D eigenvalue weighted by Gasteiger charge is 2.17. The second-order valence-corrected chi connectivity index (χ2v) is 6.02. The molecule has 1 atom stereocenters. The molecular formula is C17H26N2O. The first kappa shape index (κ1) is 14.9. The number of carbonyl (C=O) groups is 1. The largest absolute Gasteiger partial charge is 0.399 e. The van der Waals surface area contributed by atoms with E-state index in [2.05, 4.69) is 5.32 Å². The molecule has 0 spiro atoms. The number of rotatable bonds is 4. The molecule has 0 bridgehead atoms. The average molecular weight is 274 g/mol. The third-order valence-electron chi connectivity index (χ3n) is 4.26. The number of carbonyl (C=O) groups excluding carboxylic acids is 1. The third kappa shape index (κ3) is 4.55. The number of hydrogen-bond acceptors (Lipinski definition) is 2. The Hall–Kier alpha value is -1.51. The first-order chi connectivity index (χ1) is 9.65. The normalized spacial score (nSPS) is 18.2. The molecule has 110 valence electrons. The van der Waals surface area contributed by atoms with E-state index < -0.39 is 0 Å². The molecule has 1 fully saturated rings. The zero-order valence-corrected chi connectivity index (χ0v) is 12.4. The summed E-state index contributed by atoms with van der Waals surface area (Å²) in [7, 11) is 0. The van der Waals surface area contributed by atoms with Crippen LogP contribution in [0.3, 0.4) is 0 Å². The fourth-order valence-electron chi connectivity index (χ4n) is 3.00. The van der Waals surface area contributed by atoms with Gasteiger partial charge in [-0.25, -0.2) is 0 Å². The molecule has 1 aliphatic rings. The molecule has 1 amide bonds. The van der Waals surface area contributed by atoms with Crippen molar-refractivity contribution in [1.82, 2.24) is 5.32 Å². The van der Waals surface area contributed by atoms with Crippen molar-refractivity contribution < 1.29 is 4.79 Å². The Morgan fingerprint density at radius 1 is 1.20 bits per heavy atom. The van der Waals surface area contributed by atoms with Gasteiger partial charge in [-0.3, -0.25) is 4.79 Å². The molecule has 0 aromatic heterocycles. The summed E-state index contributed by atoms with van der Waals surface area (Å²) < 4.78 is 0. The van der Waals surface area contributed by atoms with Gasteiger partial charge in [0.1, 0.15) is 0 Å². The van der Waals surface area contributed by atoms with Crippen LogP contribution in [0.25, 0.3) is 0 Å². The van der Waals surface area contributed by atoms with Gasteiger partial charge in [0, 0.05) is 12.1 Å². The Balaban J connectivity index is 1.82. The summed E-state index contributed by atoms with van der Waals surface area (Å²) in [5.74, 6) is 0.761. The van der Waals surface area contributed by atoms with Gasteiger partial charge >= 0.3 is 0 Å². The summed E-state index contributed by atoms with van der Waals surface area (Å²) in [5, 5.41) is 3.10. The highest BCUT2D eigenvalue weighted by Crippen LogP contribution is 2.25. The molecular weight excluding hydrogens is 248 g/mol. The van der Waals surface area contributed by atoms with Crippen LogP contribution in [-0.2, 0) is 4.79 Å². The van der Waals surface area contributed by atoms with E-state index in [-0.39, 0.29) is 11.9 Å². The molecule has 0 heterocycles. The van der Waals surface area contributed by atoms with Crippen molar-refractivity contribution in [2.75, 3.05) is 5.73 Å². The van der Waals surface area contributed by atoms with Crippen LogP contribution in [0.15, 0.2) is 24.3 Å². The molecule has 1 aromatic rings. The molecule has 1 aromatic carbocycles. The third-order valence-corrected chi connectivity index (χ3v) is 4.26. The number of nitrogens with one attached hydrogen (secondary N) is 1. The number of benzene rings is 1. The lowest BCUT2D eigenvalue weighted by Gasteiger charge is -2.18. The van der Waals surface area contributed by atoms with Crippen LogP contribution < -0.4 is 11.1 Å². The van der Waals surface area contributed by atoms with Crippen molar-refractivity contribution in [3.8, 4) is 0 Å². The van der Waals surface area contributed by atoms with Crippen molar-refractivity contribution in [2.45, 2.75) is 57.9 Å². The smallest absolute Gasteiger partial charge is 0.220 e. The Bertz CT molecular complexity index is 419. The van der Waals surface area contributed by atoms with E-state index >= 15 is 0 Å². The van der Waals surface area contributed by atoms with Gasteiger partial charge in [-0.05, 0) is 43.4 Å². The first-order valence-electron chi connectivity index (χ1n) is 7.80. The van der Waals surface area contributed by atoms with E-state index in [1.165, 1.54) is 38.5 Å². The monoisotopic (exact) mass is 274 g/mol. The van der Waals surface area contributed by atoms with E-state index in [1.54, 1.807) is 0 Å². The van der Waals surface area contributed by atoms with Crippen molar-refractivity contribution in [3.63, 3.8) is 0 Å².